The van der Waals surface area contributed by atoms with E-state index in [0.717, 1.165) is 23.2 Å². The summed E-state index contributed by atoms with van der Waals surface area (Å²) in [6.07, 6.45) is 1.48. The number of benzene rings is 2. The Kier molecular flexibility index (Phi) is 5.18. The SMILES string of the molecule is CCNC(=O)N1CCc2cc(S(=O)(=O)Nc3cccc(CC)c3)ccc21. The van der Waals surface area contributed by atoms with Crippen LogP contribution < -0.4 is 14.9 Å². The first-order valence-electron chi connectivity index (χ1n) is 8.74. The van der Waals surface area contributed by atoms with Gasteiger partial charge in [0.15, 0.2) is 0 Å². The van der Waals surface area contributed by atoms with E-state index in [1.807, 2.05) is 32.0 Å². The predicted octanol–water partition coefficient (Wildman–Crippen LogP) is 3.14. The molecule has 2 aromatic rings. The molecule has 0 radical (unpaired) electrons. The molecule has 2 aromatic carbocycles. The molecule has 1 aliphatic heterocycles. The van der Waals surface area contributed by atoms with Gasteiger partial charge >= 0.3 is 6.03 Å². The van der Waals surface area contributed by atoms with Gasteiger partial charge in [-0.05, 0) is 61.2 Å². The van der Waals surface area contributed by atoms with E-state index in [2.05, 4.69) is 10.0 Å². The molecule has 0 aromatic heterocycles. The van der Waals surface area contributed by atoms with Crippen LogP contribution in [0.2, 0.25) is 0 Å². The summed E-state index contributed by atoms with van der Waals surface area (Å²) < 4.78 is 28.1. The summed E-state index contributed by atoms with van der Waals surface area (Å²) >= 11 is 0. The molecule has 0 aliphatic carbocycles. The van der Waals surface area contributed by atoms with Gasteiger partial charge in [0.05, 0.1) is 4.90 Å². The molecule has 2 N–H and O–H groups in total. The van der Waals surface area contributed by atoms with Crippen molar-refractivity contribution in [2.45, 2.75) is 31.6 Å². The average molecular weight is 373 g/mol. The highest BCUT2D eigenvalue weighted by Gasteiger charge is 2.26. The molecular formula is C19H23N3O3S. The Balaban J connectivity index is 1.84. The first-order valence-corrected chi connectivity index (χ1v) is 10.2. The number of carbonyl (C=O) groups is 1. The van der Waals surface area contributed by atoms with Crippen LogP contribution in [0.1, 0.15) is 25.0 Å². The van der Waals surface area contributed by atoms with Gasteiger partial charge in [-0.2, -0.15) is 0 Å². The highest BCUT2D eigenvalue weighted by molar-refractivity contribution is 7.92. The van der Waals surface area contributed by atoms with Crippen molar-refractivity contribution in [2.75, 3.05) is 22.7 Å². The van der Waals surface area contributed by atoms with Gasteiger partial charge < -0.3 is 5.32 Å². The molecule has 0 bridgehead atoms. The Bertz CT molecular complexity index is 925. The number of urea groups is 1. The van der Waals surface area contributed by atoms with Crippen LogP contribution in [0, 0.1) is 0 Å². The molecule has 138 valence electrons. The van der Waals surface area contributed by atoms with E-state index in [0.29, 0.717) is 25.2 Å². The number of carbonyl (C=O) groups excluding carboxylic acids is 1. The smallest absolute Gasteiger partial charge is 0.321 e. The van der Waals surface area contributed by atoms with Gasteiger partial charge in [-0.3, -0.25) is 9.62 Å². The Morgan fingerprint density at radius 3 is 2.69 bits per heavy atom. The molecule has 1 heterocycles. The van der Waals surface area contributed by atoms with Gasteiger partial charge in [0.1, 0.15) is 0 Å². The van der Waals surface area contributed by atoms with Crippen molar-refractivity contribution in [1.82, 2.24) is 5.32 Å². The van der Waals surface area contributed by atoms with Crippen LogP contribution >= 0.6 is 0 Å². The fourth-order valence-electron chi connectivity index (χ4n) is 3.07. The highest BCUT2D eigenvalue weighted by Crippen LogP contribution is 2.30. The van der Waals surface area contributed by atoms with Gasteiger partial charge in [0, 0.05) is 24.5 Å². The van der Waals surface area contributed by atoms with E-state index in [9.17, 15) is 13.2 Å². The normalized spacial score (nSPS) is 13.4. The van der Waals surface area contributed by atoms with Crippen LogP contribution in [0.25, 0.3) is 0 Å². The number of rotatable bonds is 5. The van der Waals surface area contributed by atoms with Gasteiger partial charge in [0.2, 0.25) is 0 Å². The quantitative estimate of drug-likeness (QED) is 0.845. The third-order valence-corrected chi connectivity index (χ3v) is 5.80. The molecule has 2 amide bonds. The van der Waals surface area contributed by atoms with Crippen LogP contribution in [-0.4, -0.2) is 27.5 Å². The van der Waals surface area contributed by atoms with Crippen LogP contribution in [0.5, 0.6) is 0 Å². The Labute approximate surface area is 154 Å². The highest BCUT2D eigenvalue weighted by atomic mass is 32.2. The summed E-state index contributed by atoms with van der Waals surface area (Å²) in [5.74, 6) is 0. The molecule has 1 aliphatic rings. The lowest BCUT2D eigenvalue weighted by Crippen LogP contribution is -2.38. The predicted molar refractivity (Wildman–Crippen MR) is 103 cm³/mol. The van der Waals surface area contributed by atoms with Crippen molar-refractivity contribution in [3.63, 3.8) is 0 Å². The molecule has 0 atom stereocenters. The van der Waals surface area contributed by atoms with Crippen molar-refractivity contribution in [2.24, 2.45) is 0 Å². The topological polar surface area (TPSA) is 78.5 Å². The van der Waals surface area contributed by atoms with E-state index < -0.39 is 10.0 Å². The zero-order valence-electron chi connectivity index (χ0n) is 15.0. The van der Waals surface area contributed by atoms with Gasteiger partial charge in [-0.15, -0.1) is 0 Å². The van der Waals surface area contributed by atoms with E-state index in [1.165, 1.54) is 0 Å². The lowest BCUT2D eigenvalue weighted by molar-refractivity contribution is 0.247. The lowest BCUT2D eigenvalue weighted by atomic mass is 10.1. The summed E-state index contributed by atoms with van der Waals surface area (Å²) in [6, 6.07) is 12.1. The minimum absolute atomic E-state index is 0.156. The fraction of sp³-hybridized carbons (Fsp3) is 0.316. The Morgan fingerprint density at radius 1 is 1.15 bits per heavy atom. The first-order chi connectivity index (χ1) is 12.4. The van der Waals surface area contributed by atoms with Gasteiger partial charge in [-0.1, -0.05) is 19.1 Å². The van der Waals surface area contributed by atoms with Gasteiger partial charge in [0.25, 0.3) is 10.0 Å². The number of anilines is 2. The second-order valence-electron chi connectivity index (χ2n) is 6.19. The summed E-state index contributed by atoms with van der Waals surface area (Å²) in [7, 11) is -3.68. The summed E-state index contributed by atoms with van der Waals surface area (Å²) in [4.78, 5) is 13.9. The number of nitrogens with one attached hydrogen (secondary N) is 2. The zero-order chi connectivity index (χ0) is 18.7. The monoisotopic (exact) mass is 373 g/mol. The third kappa shape index (κ3) is 3.67. The van der Waals surface area contributed by atoms with E-state index in [4.69, 9.17) is 0 Å². The van der Waals surface area contributed by atoms with E-state index in [-0.39, 0.29) is 10.9 Å². The first kappa shape index (κ1) is 18.3. The molecule has 0 spiro atoms. The zero-order valence-corrected chi connectivity index (χ0v) is 15.8. The Morgan fingerprint density at radius 2 is 1.96 bits per heavy atom. The number of hydrogen-bond acceptors (Lipinski definition) is 3. The second kappa shape index (κ2) is 7.37. The van der Waals surface area contributed by atoms with Gasteiger partial charge in [-0.25, -0.2) is 13.2 Å². The van der Waals surface area contributed by atoms with Crippen LogP contribution in [0.15, 0.2) is 47.4 Å². The molecule has 3 rings (SSSR count). The van der Waals surface area contributed by atoms with Crippen molar-refractivity contribution in [3.8, 4) is 0 Å². The molecule has 0 unspecified atom stereocenters. The van der Waals surface area contributed by atoms with Crippen LogP contribution in [0.4, 0.5) is 16.2 Å². The maximum atomic E-state index is 12.7. The summed E-state index contributed by atoms with van der Waals surface area (Å²) in [5, 5.41) is 2.77. The lowest BCUT2D eigenvalue weighted by Gasteiger charge is -2.17. The maximum Gasteiger partial charge on any atom is 0.321 e. The summed E-state index contributed by atoms with van der Waals surface area (Å²) in [6.45, 7) is 4.99. The van der Waals surface area contributed by atoms with Crippen LogP contribution in [0.3, 0.4) is 0 Å². The average Bonchev–Trinajstić information content (AvgIpc) is 3.05. The number of hydrogen-bond donors (Lipinski definition) is 2. The van der Waals surface area contributed by atoms with Crippen molar-refractivity contribution >= 4 is 27.4 Å². The molecule has 6 nitrogen and oxygen atoms in total. The number of sulfonamides is 1. The second-order valence-corrected chi connectivity index (χ2v) is 7.87. The maximum absolute atomic E-state index is 12.7. The number of nitrogens with zero attached hydrogens (tertiary/aromatic N) is 1. The van der Waals surface area contributed by atoms with Crippen molar-refractivity contribution in [1.29, 1.82) is 0 Å². The molecule has 0 saturated carbocycles. The summed E-state index contributed by atoms with van der Waals surface area (Å²) in [5.41, 5.74) is 3.25. The number of fused-ring (bicyclic) bond motifs is 1. The largest absolute Gasteiger partial charge is 0.338 e. The number of aryl methyl sites for hydroxylation is 1. The molecular weight excluding hydrogens is 350 g/mol. The Hall–Kier alpha value is -2.54. The molecule has 26 heavy (non-hydrogen) atoms. The van der Waals surface area contributed by atoms with Crippen LogP contribution in [-0.2, 0) is 22.9 Å². The third-order valence-electron chi connectivity index (χ3n) is 4.42. The van der Waals surface area contributed by atoms with Crippen molar-refractivity contribution < 1.29 is 13.2 Å². The molecule has 7 heteroatoms. The fourth-order valence-corrected chi connectivity index (χ4v) is 4.17. The van der Waals surface area contributed by atoms with E-state index in [1.54, 1.807) is 29.2 Å². The van der Waals surface area contributed by atoms with Crippen molar-refractivity contribution in [3.05, 3.63) is 53.6 Å². The molecule has 0 saturated heterocycles. The number of amides is 2. The van der Waals surface area contributed by atoms with E-state index >= 15 is 0 Å². The standard InChI is InChI=1S/C19H23N3O3S/c1-3-14-6-5-7-16(12-14)21-26(24,25)17-8-9-18-15(13-17)10-11-22(18)19(23)20-4-2/h5-9,12-13,21H,3-4,10-11H2,1-2H3,(H,20,23). The minimum Gasteiger partial charge on any atom is -0.338 e. The molecule has 0 fully saturated rings. The minimum atomic E-state index is -3.68.